The van der Waals surface area contributed by atoms with Crippen LogP contribution in [0, 0.1) is 0 Å². The van der Waals surface area contributed by atoms with Crippen LogP contribution in [0.5, 0.6) is 0 Å². The third kappa shape index (κ3) is 5.35. The second-order valence-electron chi connectivity index (χ2n) is 7.75. The zero-order valence-corrected chi connectivity index (χ0v) is 18.8. The fourth-order valence-corrected chi connectivity index (χ4v) is 4.30. The van der Waals surface area contributed by atoms with Crippen molar-refractivity contribution in [2.24, 2.45) is 5.73 Å². The molecule has 4 nitrogen and oxygen atoms in total. The topological polar surface area (TPSA) is 90.1 Å². The minimum Gasteiger partial charge on any atom is -0.397 e. The number of aryl methyl sites for hydroxylation is 1. The number of nitrogens with two attached hydrogens (primary N) is 1. The molecule has 0 radical (unpaired) electrons. The zero-order valence-electron chi connectivity index (χ0n) is 18.8. The molecule has 2 aromatic carbocycles. The summed E-state index contributed by atoms with van der Waals surface area (Å²) < 4.78 is 0. The average Bonchev–Trinajstić information content (AvgIpc) is 2.82. The van der Waals surface area contributed by atoms with Gasteiger partial charge in [0.1, 0.15) is 5.78 Å². The highest BCUT2D eigenvalue weighted by Gasteiger charge is 2.27. The van der Waals surface area contributed by atoms with E-state index in [0.29, 0.717) is 6.42 Å². The normalized spacial score (nSPS) is 17.5. The summed E-state index contributed by atoms with van der Waals surface area (Å²) in [5.74, 6) is 0.120. The molecular formula is C27H35N3O. The van der Waals surface area contributed by atoms with Crippen molar-refractivity contribution in [3.05, 3.63) is 88.7 Å². The molecule has 1 aliphatic carbocycles. The number of benzene rings is 2. The first-order valence-corrected chi connectivity index (χ1v) is 10.9. The van der Waals surface area contributed by atoms with Crippen LogP contribution in [-0.4, -0.2) is 12.3 Å². The van der Waals surface area contributed by atoms with Crippen molar-refractivity contribution in [2.75, 3.05) is 6.54 Å². The van der Waals surface area contributed by atoms with E-state index in [2.05, 4.69) is 55.7 Å². The molecule has 4 heteroatoms. The van der Waals surface area contributed by atoms with Gasteiger partial charge in [-0.1, -0.05) is 62.0 Å². The minimum atomic E-state index is -0.156. The van der Waals surface area contributed by atoms with Gasteiger partial charge in [0.05, 0.1) is 11.4 Å². The van der Waals surface area contributed by atoms with Crippen molar-refractivity contribution < 1.29 is 4.79 Å². The number of rotatable bonds is 7. The maximum atomic E-state index is 13.4. The first kappa shape index (κ1) is 24.2. The largest absolute Gasteiger partial charge is 0.397 e. The van der Waals surface area contributed by atoms with Gasteiger partial charge in [-0.15, -0.1) is 5.73 Å². The van der Waals surface area contributed by atoms with E-state index in [-0.39, 0.29) is 17.9 Å². The highest BCUT2D eigenvalue weighted by molar-refractivity contribution is 5.93. The Morgan fingerprint density at radius 2 is 1.77 bits per heavy atom. The van der Waals surface area contributed by atoms with E-state index < -0.39 is 0 Å². The van der Waals surface area contributed by atoms with E-state index in [9.17, 15) is 4.79 Å². The Morgan fingerprint density at radius 3 is 2.45 bits per heavy atom. The first-order chi connectivity index (χ1) is 14.6. The molecule has 0 aliphatic heterocycles. The summed E-state index contributed by atoms with van der Waals surface area (Å²) >= 11 is 0. The summed E-state index contributed by atoms with van der Waals surface area (Å²) in [6.45, 7) is 8.67. The van der Waals surface area contributed by atoms with E-state index in [1.807, 2.05) is 24.3 Å². The standard InChI is InChI=1S/C27H32N2O.H3N/c1-4-19(5-2)15-18-25(30)23-17-16-20-11-7-8-12-21(20)26(28)27(29-6-3)24-14-10-9-13-22(23)24;/h7-14,23,29H,1,5-6,15-18,28H2,2-3H3;1H3/b27-26-;/t23-;/m0./s1. The molecule has 0 spiro atoms. The number of nitrogens with one attached hydrogen (secondary N) is 1. The van der Waals surface area contributed by atoms with Gasteiger partial charge >= 0.3 is 0 Å². The van der Waals surface area contributed by atoms with Gasteiger partial charge in [0, 0.05) is 30.0 Å². The fraction of sp³-hybridized carbons (Fsp3) is 0.333. The predicted molar refractivity (Wildman–Crippen MR) is 131 cm³/mol. The van der Waals surface area contributed by atoms with E-state index >= 15 is 0 Å². The molecule has 0 saturated heterocycles. The number of carbonyl (C=O) groups is 1. The van der Waals surface area contributed by atoms with Crippen LogP contribution in [-0.2, 0) is 11.2 Å². The number of allylic oxidation sites excluding steroid dienone is 1. The Hall–Kier alpha value is -3.07. The molecule has 1 aliphatic rings. The minimum absolute atomic E-state index is 0. The lowest BCUT2D eigenvalue weighted by Crippen LogP contribution is -2.20. The molecule has 1 atom stereocenters. The molecule has 0 saturated carbocycles. The summed E-state index contributed by atoms with van der Waals surface area (Å²) in [6.07, 6.45) is 3.72. The van der Waals surface area contributed by atoms with Crippen molar-refractivity contribution in [2.45, 2.75) is 51.9 Å². The lowest BCUT2D eigenvalue weighted by atomic mass is 9.84. The lowest BCUT2D eigenvalue weighted by molar-refractivity contribution is -0.120. The first-order valence-electron chi connectivity index (χ1n) is 10.9. The lowest BCUT2D eigenvalue weighted by Gasteiger charge is -2.21. The van der Waals surface area contributed by atoms with Crippen LogP contribution in [0.3, 0.4) is 0 Å². The van der Waals surface area contributed by atoms with E-state index in [0.717, 1.165) is 65.9 Å². The van der Waals surface area contributed by atoms with Crippen LogP contribution >= 0.6 is 0 Å². The maximum Gasteiger partial charge on any atom is 0.140 e. The number of ketones is 1. The Bertz CT molecular complexity index is 999. The van der Waals surface area contributed by atoms with Crippen LogP contribution in [0.4, 0.5) is 0 Å². The Labute approximate surface area is 186 Å². The van der Waals surface area contributed by atoms with Gasteiger partial charge in [-0.05, 0) is 49.3 Å². The SMILES string of the molecule is C=C=C(CC)CCC(=O)[C@H]1CCc2ccccc2/C(N)=C(/NCC)c2ccccc21.N. The van der Waals surface area contributed by atoms with Gasteiger partial charge < -0.3 is 17.2 Å². The smallest absolute Gasteiger partial charge is 0.140 e. The van der Waals surface area contributed by atoms with Crippen LogP contribution in [0.2, 0.25) is 0 Å². The van der Waals surface area contributed by atoms with Gasteiger partial charge in [0.25, 0.3) is 0 Å². The highest BCUT2D eigenvalue weighted by atomic mass is 16.1. The summed E-state index contributed by atoms with van der Waals surface area (Å²) in [5.41, 5.74) is 16.8. The second kappa shape index (κ2) is 11.4. The van der Waals surface area contributed by atoms with E-state index in [1.165, 1.54) is 5.56 Å². The summed E-state index contributed by atoms with van der Waals surface area (Å²) in [7, 11) is 0. The van der Waals surface area contributed by atoms with Gasteiger partial charge in [-0.2, -0.15) is 0 Å². The Balaban J connectivity index is 0.00000341. The van der Waals surface area contributed by atoms with Crippen LogP contribution in [0.15, 0.2) is 66.4 Å². The van der Waals surface area contributed by atoms with Gasteiger partial charge in [0.2, 0.25) is 0 Å². The summed E-state index contributed by atoms with van der Waals surface area (Å²) in [4.78, 5) is 13.4. The van der Waals surface area contributed by atoms with Crippen LogP contribution < -0.4 is 17.2 Å². The molecule has 0 bridgehead atoms. The van der Waals surface area contributed by atoms with Gasteiger partial charge in [-0.25, -0.2) is 0 Å². The van der Waals surface area contributed by atoms with Gasteiger partial charge in [-0.3, -0.25) is 4.79 Å². The van der Waals surface area contributed by atoms with E-state index in [1.54, 1.807) is 0 Å². The van der Waals surface area contributed by atoms with Crippen molar-refractivity contribution >= 4 is 17.2 Å². The number of fused-ring (bicyclic) bond motifs is 2. The molecule has 2 aromatic rings. The molecular weight excluding hydrogens is 382 g/mol. The Kier molecular flexibility index (Phi) is 8.87. The quantitative estimate of drug-likeness (QED) is 0.501. The molecule has 31 heavy (non-hydrogen) atoms. The number of hydrogen-bond acceptors (Lipinski definition) is 4. The highest BCUT2D eigenvalue weighted by Crippen LogP contribution is 2.36. The van der Waals surface area contributed by atoms with Crippen LogP contribution in [0.1, 0.15) is 67.7 Å². The molecule has 0 aromatic heterocycles. The summed E-state index contributed by atoms with van der Waals surface area (Å²) in [6, 6.07) is 16.5. The average molecular weight is 418 g/mol. The molecule has 0 unspecified atom stereocenters. The fourth-order valence-electron chi connectivity index (χ4n) is 4.30. The number of carbonyl (C=O) groups excluding carboxylic acids is 1. The molecule has 6 N–H and O–H groups in total. The number of hydrogen-bond donors (Lipinski definition) is 3. The van der Waals surface area contributed by atoms with Crippen molar-refractivity contribution in [1.82, 2.24) is 11.5 Å². The van der Waals surface area contributed by atoms with Crippen molar-refractivity contribution in [1.29, 1.82) is 0 Å². The van der Waals surface area contributed by atoms with Crippen molar-refractivity contribution in [3.63, 3.8) is 0 Å². The molecule has 0 heterocycles. The molecule has 164 valence electrons. The third-order valence-corrected chi connectivity index (χ3v) is 5.98. The molecule has 0 fully saturated rings. The molecule has 3 rings (SSSR count). The van der Waals surface area contributed by atoms with Crippen molar-refractivity contribution in [3.8, 4) is 0 Å². The Morgan fingerprint density at radius 1 is 1.10 bits per heavy atom. The third-order valence-electron chi connectivity index (χ3n) is 5.98. The van der Waals surface area contributed by atoms with Crippen LogP contribution in [0.25, 0.3) is 11.4 Å². The van der Waals surface area contributed by atoms with E-state index in [4.69, 9.17) is 5.73 Å². The maximum absolute atomic E-state index is 13.4. The van der Waals surface area contributed by atoms with Gasteiger partial charge in [0.15, 0.2) is 0 Å². The zero-order chi connectivity index (χ0) is 21.5. The second-order valence-corrected chi connectivity index (χ2v) is 7.75. The molecule has 0 amide bonds. The predicted octanol–water partition coefficient (Wildman–Crippen LogP) is 5.74. The summed E-state index contributed by atoms with van der Waals surface area (Å²) in [5, 5.41) is 3.48. The monoisotopic (exact) mass is 417 g/mol. The number of Topliss-reactive ketones (excluding diaryl/α,β-unsaturated/α-hetero) is 1.